The molecule has 5 rings (SSSR count). The zero-order valence-corrected chi connectivity index (χ0v) is 23.4. The van der Waals surface area contributed by atoms with E-state index in [2.05, 4.69) is 90.5 Å². The summed E-state index contributed by atoms with van der Waals surface area (Å²) in [6, 6.07) is 33.1. The maximum absolute atomic E-state index is 12.9. The Bertz CT molecular complexity index is 1430. The highest BCUT2D eigenvalue weighted by Crippen LogP contribution is 2.38. The third-order valence-corrected chi connectivity index (χ3v) is 8.24. The van der Waals surface area contributed by atoms with Gasteiger partial charge in [0, 0.05) is 36.6 Å². The molecule has 4 aromatic rings. The van der Waals surface area contributed by atoms with Gasteiger partial charge in [0.2, 0.25) is 0 Å². The van der Waals surface area contributed by atoms with E-state index in [-0.39, 0.29) is 11.3 Å². The average molecular weight is 521 g/mol. The molecule has 4 N–H and O–H groups in total. The van der Waals surface area contributed by atoms with Gasteiger partial charge in [0.25, 0.3) is 5.91 Å². The molecule has 6 nitrogen and oxygen atoms in total. The summed E-state index contributed by atoms with van der Waals surface area (Å²) in [5.74, 6) is -0.115. The molecule has 0 saturated heterocycles. The highest BCUT2D eigenvalue weighted by atomic mass is 16.1. The number of carbonyl (C=O) groups is 1. The normalized spacial score (nSPS) is 19.7. The molecular weight excluding hydrogens is 482 g/mol. The van der Waals surface area contributed by atoms with Gasteiger partial charge in [0.05, 0.1) is 29.9 Å². The van der Waals surface area contributed by atoms with Gasteiger partial charge in [0.15, 0.2) is 0 Å². The van der Waals surface area contributed by atoms with Crippen molar-refractivity contribution < 1.29 is 9.69 Å². The van der Waals surface area contributed by atoms with Crippen LogP contribution in [0.2, 0.25) is 0 Å². The fourth-order valence-corrected chi connectivity index (χ4v) is 5.54. The number of hydrazine groups is 1. The minimum Gasteiger partial charge on any atom is -0.378 e. The number of carbonyl (C=O) groups excluding carboxylic acids is 1. The standard InChI is InChI=1S/C33H37N5O/c1-23-33(2,30-8-6-7-9-31(30)38(23)5)22-24-10-12-25(13-11-24)32(39)34-26-14-16-27(17-15-26)35-36-28-18-20-29(21-19-28)37(3)4/h6-21,23,35-36H,22H2,1-5H3,(H,34,39)/p+1. The summed E-state index contributed by atoms with van der Waals surface area (Å²) in [7, 11) is 6.30. The Labute approximate surface area is 231 Å². The molecule has 0 bridgehead atoms. The van der Waals surface area contributed by atoms with Crippen LogP contribution in [0, 0.1) is 0 Å². The van der Waals surface area contributed by atoms with Crippen molar-refractivity contribution in [1.29, 1.82) is 0 Å². The number of fused-ring (bicyclic) bond motifs is 1. The van der Waals surface area contributed by atoms with Crippen LogP contribution in [0.15, 0.2) is 97.1 Å². The minimum atomic E-state index is -0.115. The molecule has 0 saturated carbocycles. The summed E-state index contributed by atoms with van der Waals surface area (Å²) in [4.78, 5) is 16.4. The number of para-hydroxylation sites is 1. The number of anilines is 4. The lowest BCUT2D eigenvalue weighted by Gasteiger charge is -2.29. The van der Waals surface area contributed by atoms with Gasteiger partial charge >= 0.3 is 0 Å². The summed E-state index contributed by atoms with van der Waals surface area (Å²) >= 11 is 0. The Morgan fingerprint density at radius 3 is 2.00 bits per heavy atom. The molecule has 4 aromatic carbocycles. The molecular formula is C33H38N5O+. The van der Waals surface area contributed by atoms with Crippen LogP contribution in [0.1, 0.15) is 35.3 Å². The van der Waals surface area contributed by atoms with Crippen LogP contribution >= 0.6 is 0 Å². The molecule has 1 aliphatic rings. The maximum Gasteiger partial charge on any atom is 0.255 e. The first-order chi connectivity index (χ1) is 18.7. The van der Waals surface area contributed by atoms with Crippen LogP contribution in [0.5, 0.6) is 0 Å². The van der Waals surface area contributed by atoms with Gasteiger partial charge in [-0.15, -0.1) is 0 Å². The fourth-order valence-electron chi connectivity index (χ4n) is 5.54. The predicted octanol–water partition coefficient (Wildman–Crippen LogP) is 5.49. The Balaban J connectivity index is 1.17. The largest absolute Gasteiger partial charge is 0.378 e. The molecule has 39 heavy (non-hydrogen) atoms. The number of nitrogens with one attached hydrogen (secondary N) is 4. The monoisotopic (exact) mass is 520 g/mol. The van der Waals surface area contributed by atoms with Crippen molar-refractivity contribution >= 4 is 34.3 Å². The number of benzene rings is 4. The topological polar surface area (TPSA) is 60.8 Å². The fraction of sp³-hybridized carbons (Fsp3) is 0.242. The van der Waals surface area contributed by atoms with E-state index in [9.17, 15) is 4.79 Å². The van der Waals surface area contributed by atoms with Gasteiger partial charge in [-0.25, -0.2) is 0 Å². The van der Waals surface area contributed by atoms with Crippen LogP contribution in [-0.2, 0) is 11.8 Å². The highest BCUT2D eigenvalue weighted by Gasteiger charge is 2.47. The van der Waals surface area contributed by atoms with Crippen molar-refractivity contribution in [2.24, 2.45) is 0 Å². The number of hydrogen-bond donors (Lipinski definition) is 4. The Hall–Kier alpha value is -4.29. The second-order valence-electron chi connectivity index (χ2n) is 11.0. The van der Waals surface area contributed by atoms with E-state index in [0.717, 1.165) is 29.2 Å². The highest BCUT2D eigenvalue weighted by molar-refractivity contribution is 6.04. The van der Waals surface area contributed by atoms with Gasteiger partial charge < -0.3 is 26.0 Å². The second-order valence-corrected chi connectivity index (χ2v) is 11.0. The average Bonchev–Trinajstić information content (AvgIpc) is 3.14. The zero-order valence-electron chi connectivity index (χ0n) is 23.4. The molecule has 200 valence electrons. The van der Waals surface area contributed by atoms with Gasteiger partial charge in [-0.1, -0.05) is 30.3 Å². The summed E-state index contributed by atoms with van der Waals surface area (Å²) in [6.45, 7) is 4.69. The molecule has 1 aliphatic heterocycles. The molecule has 6 heteroatoms. The predicted molar refractivity (Wildman–Crippen MR) is 162 cm³/mol. The molecule has 0 spiro atoms. The van der Waals surface area contributed by atoms with Gasteiger partial charge in [-0.05, 0) is 92.6 Å². The van der Waals surface area contributed by atoms with Gasteiger partial charge in [-0.2, -0.15) is 0 Å². The minimum absolute atomic E-state index is 0.0464. The zero-order chi connectivity index (χ0) is 27.6. The van der Waals surface area contributed by atoms with E-state index >= 15 is 0 Å². The number of likely N-dealkylation sites (N-methyl/N-ethyl adjacent to an activating group) is 1. The number of amides is 1. The van der Waals surface area contributed by atoms with Crippen molar-refractivity contribution in [2.75, 3.05) is 42.2 Å². The SMILES string of the molecule is CC1[NH+](C)c2ccccc2C1(C)Cc1ccc(C(=O)Nc2ccc(NNc3ccc(N(C)C)cc3)cc2)cc1. The summed E-state index contributed by atoms with van der Waals surface area (Å²) < 4.78 is 0. The van der Waals surface area contributed by atoms with E-state index < -0.39 is 0 Å². The maximum atomic E-state index is 12.9. The molecule has 3 atom stereocenters. The van der Waals surface area contributed by atoms with Crippen molar-refractivity contribution in [1.82, 2.24) is 0 Å². The summed E-state index contributed by atoms with van der Waals surface area (Å²) in [6.07, 6.45) is 0.937. The van der Waals surface area contributed by atoms with Crippen molar-refractivity contribution in [3.8, 4) is 0 Å². The van der Waals surface area contributed by atoms with Crippen LogP contribution in [-0.4, -0.2) is 33.1 Å². The number of hydrogen-bond acceptors (Lipinski definition) is 4. The van der Waals surface area contributed by atoms with E-state index in [1.54, 1.807) is 0 Å². The van der Waals surface area contributed by atoms with Crippen LogP contribution in [0.3, 0.4) is 0 Å². The van der Waals surface area contributed by atoms with E-state index in [4.69, 9.17) is 0 Å². The van der Waals surface area contributed by atoms with Crippen LogP contribution < -0.4 is 26.0 Å². The Morgan fingerprint density at radius 1 is 0.821 bits per heavy atom. The lowest BCUT2D eigenvalue weighted by Crippen LogP contribution is -3.07. The molecule has 0 aromatic heterocycles. The number of nitrogens with zero attached hydrogens (tertiary/aromatic N) is 1. The molecule has 3 unspecified atom stereocenters. The quantitative estimate of drug-likeness (QED) is 0.232. The Kier molecular flexibility index (Phi) is 7.31. The molecule has 1 amide bonds. The third-order valence-electron chi connectivity index (χ3n) is 8.24. The van der Waals surface area contributed by atoms with Gasteiger partial charge in [0.1, 0.15) is 5.69 Å². The first-order valence-electron chi connectivity index (χ1n) is 13.5. The van der Waals surface area contributed by atoms with Crippen LogP contribution in [0.4, 0.5) is 28.4 Å². The summed E-state index contributed by atoms with van der Waals surface area (Å²) in [5, 5.41) is 3.01. The number of quaternary nitrogens is 1. The van der Waals surface area contributed by atoms with E-state index in [1.807, 2.05) is 62.6 Å². The molecule has 0 radical (unpaired) electrons. The first kappa shape index (κ1) is 26.3. The molecule has 1 heterocycles. The third kappa shape index (κ3) is 5.47. The second kappa shape index (κ2) is 10.8. The Morgan fingerprint density at radius 2 is 1.38 bits per heavy atom. The lowest BCUT2D eigenvalue weighted by atomic mass is 9.74. The van der Waals surface area contributed by atoms with Crippen molar-refractivity contribution in [2.45, 2.75) is 31.7 Å². The summed E-state index contributed by atoms with van der Waals surface area (Å²) in [5.41, 5.74) is 14.9. The number of rotatable bonds is 8. The lowest BCUT2D eigenvalue weighted by molar-refractivity contribution is -0.834. The first-order valence-corrected chi connectivity index (χ1v) is 13.5. The van der Waals surface area contributed by atoms with E-state index in [1.165, 1.54) is 21.7 Å². The van der Waals surface area contributed by atoms with Crippen molar-refractivity contribution in [3.63, 3.8) is 0 Å². The van der Waals surface area contributed by atoms with E-state index in [0.29, 0.717) is 11.6 Å². The van der Waals surface area contributed by atoms with Crippen LogP contribution in [0.25, 0.3) is 0 Å². The van der Waals surface area contributed by atoms with Crippen molar-refractivity contribution in [3.05, 3.63) is 114 Å². The van der Waals surface area contributed by atoms with Gasteiger partial charge in [-0.3, -0.25) is 4.79 Å². The smallest absolute Gasteiger partial charge is 0.255 e. The molecule has 0 fully saturated rings. The molecule has 0 aliphatic carbocycles.